The third-order valence-corrected chi connectivity index (χ3v) is 3.03. The number of ether oxygens (including phenoxy) is 4. The molecule has 0 amide bonds. The SMILES string of the molecule is CCOC(C)COC(=O)CCC(C)C(=O)OCC(C)OCC. The van der Waals surface area contributed by atoms with Crippen LogP contribution in [0.2, 0.25) is 0 Å². The molecule has 0 aromatic heterocycles. The van der Waals surface area contributed by atoms with Crippen LogP contribution >= 0.6 is 0 Å². The second-order valence-electron chi connectivity index (χ2n) is 5.28. The molecule has 3 atom stereocenters. The van der Waals surface area contributed by atoms with Gasteiger partial charge < -0.3 is 18.9 Å². The average molecular weight is 318 g/mol. The van der Waals surface area contributed by atoms with Crippen LogP contribution < -0.4 is 0 Å². The van der Waals surface area contributed by atoms with Crippen LogP contribution in [0.25, 0.3) is 0 Å². The van der Waals surface area contributed by atoms with Gasteiger partial charge in [0.25, 0.3) is 0 Å². The zero-order valence-electron chi connectivity index (χ0n) is 14.4. The first-order valence-corrected chi connectivity index (χ1v) is 7.96. The fourth-order valence-electron chi connectivity index (χ4n) is 1.74. The molecule has 0 radical (unpaired) electrons. The predicted octanol–water partition coefficient (Wildman–Crippen LogP) is 2.34. The van der Waals surface area contributed by atoms with Gasteiger partial charge in [-0.3, -0.25) is 9.59 Å². The van der Waals surface area contributed by atoms with Gasteiger partial charge in [0.2, 0.25) is 0 Å². The van der Waals surface area contributed by atoms with Crippen LogP contribution in [0.1, 0.15) is 47.5 Å². The molecule has 22 heavy (non-hydrogen) atoms. The average Bonchev–Trinajstić information content (AvgIpc) is 2.48. The number of esters is 2. The van der Waals surface area contributed by atoms with Crippen molar-refractivity contribution in [3.8, 4) is 0 Å². The summed E-state index contributed by atoms with van der Waals surface area (Å²) in [6.45, 7) is 10.8. The highest BCUT2D eigenvalue weighted by Gasteiger charge is 2.18. The van der Waals surface area contributed by atoms with Crippen molar-refractivity contribution in [1.82, 2.24) is 0 Å². The largest absolute Gasteiger partial charge is 0.463 e. The Balaban J connectivity index is 3.84. The second-order valence-corrected chi connectivity index (χ2v) is 5.28. The van der Waals surface area contributed by atoms with Gasteiger partial charge in [-0.15, -0.1) is 0 Å². The Bertz CT molecular complexity index is 318. The van der Waals surface area contributed by atoms with E-state index in [0.29, 0.717) is 19.6 Å². The van der Waals surface area contributed by atoms with Crippen LogP contribution in [0.4, 0.5) is 0 Å². The Morgan fingerprint density at radius 3 is 1.86 bits per heavy atom. The molecule has 0 N–H and O–H groups in total. The fourth-order valence-corrected chi connectivity index (χ4v) is 1.74. The van der Waals surface area contributed by atoms with Gasteiger partial charge >= 0.3 is 11.9 Å². The summed E-state index contributed by atoms with van der Waals surface area (Å²) in [6, 6.07) is 0. The quantitative estimate of drug-likeness (QED) is 0.514. The molecule has 0 aliphatic carbocycles. The topological polar surface area (TPSA) is 71.1 Å². The van der Waals surface area contributed by atoms with Gasteiger partial charge in [-0.2, -0.15) is 0 Å². The molecule has 0 saturated heterocycles. The third kappa shape index (κ3) is 10.6. The number of rotatable bonds is 12. The molecule has 0 saturated carbocycles. The van der Waals surface area contributed by atoms with Crippen molar-refractivity contribution in [2.24, 2.45) is 5.92 Å². The minimum atomic E-state index is -0.342. The highest BCUT2D eigenvalue weighted by Crippen LogP contribution is 2.09. The van der Waals surface area contributed by atoms with Gasteiger partial charge in [-0.25, -0.2) is 0 Å². The van der Waals surface area contributed by atoms with Crippen LogP contribution in [0.15, 0.2) is 0 Å². The van der Waals surface area contributed by atoms with Crippen LogP contribution in [0.5, 0.6) is 0 Å². The number of hydrogen-bond acceptors (Lipinski definition) is 6. The molecule has 6 heteroatoms. The standard InChI is InChI=1S/C16H30O6/c1-6-19-13(4)10-21-15(17)9-8-12(3)16(18)22-11-14(5)20-7-2/h12-14H,6-11H2,1-5H3. The lowest BCUT2D eigenvalue weighted by Gasteiger charge is -2.15. The van der Waals surface area contributed by atoms with Gasteiger partial charge in [0.15, 0.2) is 0 Å². The molecule has 0 aliphatic heterocycles. The summed E-state index contributed by atoms with van der Waals surface area (Å²) in [5.41, 5.74) is 0. The molecular weight excluding hydrogens is 288 g/mol. The van der Waals surface area contributed by atoms with E-state index in [4.69, 9.17) is 18.9 Å². The third-order valence-electron chi connectivity index (χ3n) is 3.03. The summed E-state index contributed by atoms with van der Waals surface area (Å²) in [5, 5.41) is 0. The number of carbonyl (C=O) groups is 2. The normalized spacial score (nSPS) is 15.0. The van der Waals surface area contributed by atoms with E-state index in [2.05, 4.69) is 0 Å². The molecule has 0 aromatic carbocycles. The first kappa shape index (κ1) is 20.9. The van der Waals surface area contributed by atoms with Gasteiger partial charge in [0, 0.05) is 19.6 Å². The molecule has 3 unspecified atom stereocenters. The maximum atomic E-state index is 11.8. The molecule has 0 fully saturated rings. The maximum absolute atomic E-state index is 11.8. The zero-order chi connectivity index (χ0) is 17.0. The minimum Gasteiger partial charge on any atom is -0.463 e. The molecule has 0 heterocycles. The lowest BCUT2D eigenvalue weighted by atomic mass is 10.1. The van der Waals surface area contributed by atoms with E-state index in [-0.39, 0.29) is 49.7 Å². The summed E-state index contributed by atoms with van der Waals surface area (Å²) in [6.07, 6.45) is 0.363. The Morgan fingerprint density at radius 1 is 0.864 bits per heavy atom. The van der Waals surface area contributed by atoms with Crippen molar-refractivity contribution in [3.05, 3.63) is 0 Å². The lowest BCUT2D eigenvalue weighted by Crippen LogP contribution is -2.23. The molecule has 0 aromatic rings. The van der Waals surface area contributed by atoms with Crippen LogP contribution in [0.3, 0.4) is 0 Å². The van der Waals surface area contributed by atoms with Crippen LogP contribution in [0, 0.1) is 5.92 Å². The highest BCUT2D eigenvalue weighted by molar-refractivity contribution is 5.74. The summed E-state index contributed by atoms with van der Waals surface area (Å²) >= 11 is 0. The van der Waals surface area contributed by atoms with Crippen molar-refractivity contribution in [3.63, 3.8) is 0 Å². The lowest BCUT2D eigenvalue weighted by molar-refractivity contribution is -0.153. The van der Waals surface area contributed by atoms with Crippen molar-refractivity contribution in [2.45, 2.75) is 59.7 Å². The van der Waals surface area contributed by atoms with Crippen molar-refractivity contribution >= 4 is 11.9 Å². The molecule has 0 bridgehead atoms. The Morgan fingerprint density at radius 2 is 1.36 bits per heavy atom. The van der Waals surface area contributed by atoms with Gasteiger partial charge in [0.05, 0.1) is 18.1 Å². The molecule has 0 aliphatic rings. The summed E-state index contributed by atoms with van der Waals surface area (Å²) in [5.74, 6) is -0.985. The fraction of sp³-hybridized carbons (Fsp3) is 0.875. The first-order valence-electron chi connectivity index (χ1n) is 7.96. The van der Waals surface area contributed by atoms with Gasteiger partial charge in [-0.05, 0) is 34.1 Å². The minimum absolute atomic E-state index is 0.114. The number of hydrogen-bond donors (Lipinski definition) is 0. The Hall–Kier alpha value is -1.14. The highest BCUT2D eigenvalue weighted by atomic mass is 16.6. The van der Waals surface area contributed by atoms with Crippen molar-refractivity contribution in [1.29, 1.82) is 0 Å². The second kappa shape index (κ2) is 12.4. The predicted molar refractivity (Wildman–Crippen MR) is 82.5 cm³/mol. The van der Waals surface area contributed by atoms with Crippen molar-refractivity contribution < 1.29 is 28.5 Å². The van der Waals surface area contributed by atoms with E-state index >= 15 is 0 Å². The molecule has 0 rings (SSSR count). The summed E-state index contributed by atoms with van der Waals surface area (Å²) in [7, 11) is 0. The molecule has 0 spiro atoms. The van der Waals surface area contributed by atoms with Crippen LogP contribution in [-0.2, 0) is 28.5 Å². The monoisotopic (exact) mass is 318 g/mol. The van der Waals surface area contributed by atoms with E-state index in [0.717, 1.165) is 0 Å². The van der Waals surface area contributed by atoms with E-state index in [1.165, 1.54) is 0 Å². The smallest absolute Gasteiger partial charge is 0.308 e. The summed E-state index contributed by atoms with van der Waals surface area (Å²) < 4.78 is 20.8. The summed E-state index contributed by atoms with van der Waals surface area (Å²) in [4.78, 5) is 23.3. The van der Waals surface area contributed by atoms with E-state index < -0.39 is 0 Å². The zero-order valence-corrected chi connectivity index (χ0v) is 14.4. The van der Waals surface area contributed by atoms with E-state index in [1.54, 1.807) is 6.92 Å². The van der Waals surface area contributed by atoms with Gasteiger partial charge in [-0.1, -0.05) is 6.92 Å². The Kier molecular flexibility index (Phi) is 11.8. The first-order chi connectivity index (χ1) is 10.4. The maximum Gasteiger partial charge on any atom is 0.308 e. The Labute approximate surface area is 133 Å². The van der Waals surface area contributed by atoms with E-state index in [1.807, 2.05) is 27.7 Å². The van der Waals surface area contributed by atoms with Gasteiger partial charge in [0.1, 0.15) is 13.2 Å². The van der Waals surface area contributed by atoms with E-state index in [9.17, 15) is 9.59 Å². The molecule has 130 valence electrons. The van der Waals surface area contributed by atoms with Crippen molar-refractivity contribution in [2.75, 3.05) is 26.4 Å². The number of carbonyl (C=O) groups excluding carboxylic acids is 2. The van der Waals surface area contributed by atoms with Crippen LogP contribution in [-0.4, -0.2) is 50.6 Å². The molecule has 6 nitrogen and oxygen atoms in total. The molecular formula is C16H30O6.